The van der Waals surface area contributed by atoms with Crippen molar-refractivity contribution in [2.75, 3.05) is 13.7 Å². The molecule has 2 N–H and O–H groups in total. The SMILES string of the molecule is CCC(NC(=O)C1CCCN1)C(=O)OC.Cl. The fourth-order valence-electron chi connectivity index (χ4n) is 1.65. The first kappa shape index (κ1) is 15.2. The van der Waals surface area contributed by atoms with Crippen LogP contribution >= 0.6 is 12.4 Å². The van der Waals surface area contributed by atoms with Gasteiger partial charge in [-0.25, -0.2) is 4.79 Å². The first-order chi connectivity index (χ1) is 7.19. The van der Waals surface area contributed by atoms with E-state index in [-0.39, 0.29) is 30.3 Å². The lowest BCUT2D eigenvalue weighted by molar-refractivity contribution is -0.145. The lowest BCUT2D eigenvalue weighted by Gasteiger charge is -2.17. The molecule has 0 aromatic heterocycles. The maximum Gasteiger partial charge on any atom is 0.328 e. The van der Waals surface area contributed by atoms with Crippen molar-refractivity contribution in [2.45, 2.75) is 38.3 Å². The van der Waals surface area contributed by atoms with Crippen LogP contribution in [0.4, 0.5) is 0 Å². The Labute approximate surface area is 102 Å². The van der Waals surface area contributed by atoms with E-state index in [0.29, 0.717) is 6.42 Å². The minimum Gasteiger partial charge on any atom is -0.467 e. The average Bonchev–Trinajstić information content (AvgIpc) is 2.77. The Morgan fingerprint density at radius 3 is 2.69 bits per heavy atom. The molecule has 1 amide bonds. The van der Waals surface area contributed by atoms with Gasteiger partial charge < -0.3 is 15.4 Å². The van der Waals surface area contributed by atoms with Crippen molar-refractivity contribution < 1.29 is 14.3 Å². The smallest absolute Gasteiger partial charge is 0.328 e. The van der Waals surface area contributed by atoms with E-state index in [1.165, 1.54) is 7.11 Å². The van der Waals surface area contributed by atoms with Crippen molar-refractivity contribution in [3.05, 3.63) is 0 Å². The van der Waals surface area contributed by atoms with Gasteiger partial charge in [0.2, 0.25) is 5.91 Å². The van der Waals surface area contributed by atoms with Gasteiger partial charge in [-0.3, -0.25) is 4.79 Å². The van der Waals surface area contributed by atoms with E-state index in [2.05, 4.69) is 15.4 Å². The van der Waals surface area contributed by atoms with E-state index >= 15 is 0 Å². The lowest BCUT2D eigenvalue weighted by Crippen LogP contribution is -2.48. The van der Waals surface area contributed by atoms with Gasteiger partial charge in [0.1, 0.15) is 6.04 Å². The van der Waals surface area contributed by atoms with Crippen LogP contribution in [-0.2, 0) is 14.3 Å². The standard InChI is InChI=1S/C10H18N2O3.ClH/c1-3-7(10(14)15-2)12-9(13)8-5-4-6-11-8;/h7-8,11H,3-6H2,1-2H3,(H,12,13);1H. The Morgan fingerprint density at radius 1 is 1.56 bits per heavy atom. The molecule has 0 aromatic carbocycles. The maximum atomic E-state index is 11.7. The molecule has 1 rings (SSSR count). The summed E-state index contributed by atoms with van der Waals surface area (Å²) in [5.41, 5.74) is 0. The number of amides is 1. The highest BCUT2D eigenvalue weighted by Crippen LogP contribution is 2.05. The first-order valence-corrected chi connectivity index (χ1v) is 5.30. The predicted octanol–water partition coefficient (Wildman–Crippen LogP) is 0.228. The van der Waals surface area contributed by atoms with Crippen LogP contribution in [0.25, 0.3) is 0 Å². The Morgan fingerprint density at radius 2 is 2.25 bits per heavy atom. The minimum atomic E-state index is -0.523. The Hall–Kier alpha value is -0.810. The van der Waals surface area contributed by atoms with Gasteiger partial charge in [0.15, 0.2) is 0 Å². The van der Waals surface area contributed by atoms with Crippen LogP contribution in [0, 0.1) is 0 Å². The number of halogens is 1. The largest absolute Gasteiger partial charge is 0.467 e. The van der Waals surface area contributed by atoms with E-state index < -0.39 is 6.04 Å². The van der Waals surface area contributed by atoms with Gasteiger partial charge in [0.05, 0.1) is 13.2 Å². The van der Waals surface area contributed by atoms with Crippen LogP contribution in [-0.4, -0.2) is 37.6 Å². The molecule has 94 valence electrons. The molecule has 2 unspecified atom stereocenters. The Kier molecular flexibility index (Phi) is 7.08. The molecule has 0 aliphatic carbocycles. The molecule has 0 spiro atoms. The number of rotatable bonds is 4. The van der Waals surface area contributed by atoms with Gasteiger partial charge in [-0.05, 0) is 25.8 Å². The molecule has 6 heteroatoms. The zero-order valence-corrected chi connectivity index (χ0v) is 10.4. The highest BCUT2D eigenvalue weighted by Gasteiger charge is 2.26. The van der Waals surface area contributed by atoms with Gasteiger partial charge in [0, 0.05) is 0 Å². The van der Waals surface area contributed by atoms with E-state index in [1.807, 2.05) is 6.92 Å². The topological polar surface area (TPSA) is 67.4 Å². The number of carbonyl (C=O) groups is 2. The molecule has 0 saturated carbocycles. The minimum absolute atomic E-state index is 0. The Balaban J connectivity index is 0.00000225. The zero-order chi connectivity index (χ0) is 11.3. The Bertz CT molecular complexity index is 242. The monoisotopic (exact) mass is 250 g/mol. The average molecular weight is 251 g/mol. The van der Waals surface area contributed by atoms with Crippen molar-refractivity contribution in [1.82, 2.24) is 10.6 Å². The predicted molar refractivity (Wildman–Crippen MR) is 62.5 cm³/mol. The van der Waals surface area contributed by atoms with Crippen LogP contribution in [0.1, 0.15) is 26.2 Å². The van der Waals surface area contributed by atoms with E-state index in [0.717, 1.165) is 19.4 Å². The van der Waals surface area contributed by atoms with E-state index in [4.69, 9.17) is 0 Å². The third-order valence-corrected chi connectivity index (χ3v) is 2.59. The van der Waals surface area contributed by atoms with Gasteiger partial charge in [-0.15, -0.1) is 12.4 Å². The summed E-state index contributed by atoms with van der Waals surface area (Å²) in [5, 5.41) is 5.76. The van der Waals surface area contributed by atoms with Crippen molar-refractivity contribution in [3.8, 4) is 0 Å². The fraction of sp³-hybridized carbons (Fsp3) is 0.800. The van der Waals surface area contributed by atoms with Crippen molar-refractivity contribution in [3.63, 3.8) is 0 Å². The highest BCUT2D eigenvalue weighted by molar-refractivity contribution is 5.87. The van der Waals surface area contributed by atoms with Gasteiger partial charge in [-0.2, -0.15) is 0 Å². The van der Waals surface area contributed by atoms with Crippen LogP contribution in [0.5, 0.6) is 0 Å². The molecule has 1 aliphatic rings. The van der Waals surface area contributed by atoms with Crippen LogP contribution in [0.15, 0.2) is 0 Å². The summed E-state index contributed by atoms with van der Waals surface area (Å²) in [6, 6.07) is -0.673. The lowest BCUT2D eigenvalue weighted by atomic mass is 10.1. The van der Waals surface area contributed by atoms with Gasteiger partial charge >= 0.3 is 5.97 Å². The summed E-state index contributed by atoms with van der Waals surface area (Å²) in [7, 11) is 1.32. The highest BCUT2D eigenvalue weighted by atomic mass is 35.5. The molecular formula is C10H19ClN2O3. The number of carbonyl (C=O) groups excluding carboxylic acids is 2. The van der Waals surface area contributed by atoms with Crippen LogP contribution in [0.2, 0.25) is 0 Å². The van der Waals surface area contributed by atoms with E-state index in [9.17, 15) is 9.59 Å². The number of ether oxygens (including phenoxy) is 1. The van der Waals surface area contributed by atoms with E-state index in [1.54, 1.807) is 0 Å². The number of methoxy groups -OCH3 is 1. The first-order valence-electron chi connectivity index (χ1n) is 5.30. The summed E-state index contributed by atoms with van der Waals surface area (Å²) in [6.07, 6.45) is 2.39. The van der Waals surface area contributed by atoms with Crippen molar-refractivity contribution in [1.29, 1.82) is 0 Å². The molecule has 0 radical (unpaired) electrons. The molecule has 1 aliphatic heterocycles. The second-order valence-corrected chi connectivity index (χ2v) is 3.64. The number of esters is 1. The summed E-state index contributed by atoms with van der Waals surface area (Å²) in [6.45, 7) is 2.71. The number of hydrogen-bond acceptors (Lipinski definition) is 4. The second-order valence-electron chi connectivity index (χ2n) is 3.64. The quantitative estimate of drug-likeness (QED) is 0.701. The zero-order valence-electron chi connectivity index (χ0n) is 9.62. The number of hydrogen-bond donors (Lipinski definition) is 2. The number of nitrogens with one attached hydrogen (secondary N) is 2. The molecule has 5 nitrogen and oxygen atoms in total. The molecular weight excluding hydrogens is 232 g/mol. The third-order valence-electron chi connectivity index (χ3n) is 2.59. The van der Waals surface area contributed by atoms with Crippen LogP contribution in [0.3, 0.4) is 0 Å². The van der Waals surface area contributed by atoms with Crippen molar-refractivity contribution >= 4 is 24.3 Å². The fourth-order valence-corrected chi connectivity index (χ4v) is 1.65. The van der Waals surface area contributed by atoms with Gasteiger partial charge in [-0.1, -0.05) is 6.92 Å². The summed E-state index contributed by atoms with van der Waals surface area (Å²) in [4.78, 5) is 22.9. The molecule has 1 fully saturated rings. The molecule has 0 aromatic rings. The molecule has 0 bridgehead atoms. The molecule has 16 heavy (non-hydrogen) atoms. The van der Waals surface area contributed by atoms with Gasteiger partial charge in [0.25, 0.3) is 0 Å². The molecule has 1 heterocycles. The van der Waals surface area contributed by atoms with Crippen LogP contribution < -0.4 is 10.6 Å². The van der Waals surface area contributed by atoms with Crippen molar-refractivity contribution in [2.24, 2.45) is 0 Å². The normalized spacial score (nSPS) is 20.8. The summed E-state index contributed by atoms with van der Waals surface area (Å²) in [5.74, 6) is -0.492. The molecule has 2 atom stereocenters. The third kappa shape index (κ3) is 3.98. The summed E-state index contributed by atoms with van der Waals surface area (Å²) >= 11 is 0. The second kappa shape index (κ2) is 7.46. The molecule has 1 saturated heterocycles. The summed E-state index contributed by atoms with van der Waals surface area (Å²) < 4.78 is 4.59. The maximum absolute atomic E-state index is 11.7.